The van der Waals surface area contributed by atoms with E-state index in [4.69, 9.17) is 0 Å². The number of esters is 2. The monoisotopic (exact) mass is 346 g/mol. The Bertz CT molecular complexity index is 962. The minimum absolute atomic E-state index is 0.0438. The van der Waals surface area contributed by atoms with Crippen LogP contribution in [-0.2, 0) is 14.9 Å². The van der Waals surface area contributed by atoms with Gasteiger partial charge in [0.05, 0.1) is 11.1 Å². The molecular formula is C13H5F3O6S. The largest absolute Gasteiger partial charge is 0.534 e. The predicted octanol–water partition coefficient (Wildman–Crippen LogP) is 2.38. The first-order chi connectivity index (χ1) is 10.6. The molecule has 3 rings (SSSR count). The first-order valence-electron chi connectivity index (χ1n) is 5.94. The van der Waals surface area contributed by atoms with Crippen LogP contribution in [0, 0.1) is 0 Å². The van der Waals surface area contributed by atoms with Gasteiger partial charge in [-0.15, -0.1) is 0 Å². The van der Waals surface area contributed by atoms with Gasteiger partial charge in [-0.05, 0) is 23.6 Å². The zero-order valence-corrected chi connectivity index (χ0v) is 11.7. The molecule has 1 aliphatic rings. The van der Waals surface area contributed by atoms with Gasteiger partial charge in [0.2, 0.25) is 0 Å². The Morgan fingerprint density at radius 1 is 1.00 bits per heavy atom. The van der Waals surface area contributed by atoms with Crippen LogP contribution < -0.4 is 4.18 Å². The van der Waals surface area contributed by atoms with Gasteiger partial charge in [0, 0.05) is 5.39 Å². The topological polar surface area (TPSA) is 86.7 Å². The summed E-state index contributed by atoms with van der Waals surface area (Å²) in [5.74, 6) is -2.72. The zero-order valence-electron chi connectivity index (χ0n) is 10.9. The van der Waals surface area contributed by atoms with Crippen LogP contribution in [0.3, 0.4) is 0 Å². The van der Waals surface area contributed by atoms with Crippen LogP contribution in [0.1, 0.15) is 20.7 Å². The number of rotatable bonds is 2. The summed E-state index contributed by atoms with van der Waals surface area (Å²) in [5.41, 5.74) is -5.83. The molecule has 2 aromatic rings. The van der Waals surface area contributed by atoms with Crippen LogP contribution in [0.2, 0.25) is 0 Å². The third-order valence-electron chi connectivity index (χ3n) is 3.07. The predicted molar refractivity (Wildman–Crippen MR) is 69.3 cm³/mol. The Kier molecular flexibility index (Phi) is 3.11. The SMILES string of the molecule is O=C1OC(=O)c2cc(OS(=O)(=O)C(F)(F)F)cc3cccc1c23. The van der Waals surface area contributed by atoms with Crippen LogP contribution >= 0.6 is 0 Å². The van der Waals surface area contributed by atoms with E-state index in [1.165, 1.54) is 18.2 Å². The Hall–Kier alpha value is -2.62. The van der Waals surface area contributed by atoms with Crippen molar-refractivity contribution in [2.45, 2.75) is 5.51 Å². The fraction of sp³-hybridized carbons (Fsp3) is 0.0769. The zero-order chi connectivity index (χ0) is 17.0. The lowest BCUT2D eigenvalue weighted by atomic mass is 9.97. The average Bonchev–Trinajstić information content (AvgIpc) is 2.42. The molecule has 0 saturated heterocycles. The fourth-order valence-electron chi connectivity index (χ4n) is 2.15. The molecule has 0 bridgehead atoms. The fourth-order valence-corrected chi connectivity index (χ4v) is 2.59. The summed E-state index contributed by atoms with van der Waals surface area (Å²) in [7, 11) is -5.88. The minimum Gasteiger partial charge on any atom is -0.386 e. The molecule has 0 fully saturated rings. The van der Waals surface area contributed by atoms with Gasteiger partial charge in [0.15, 0.2) is 0 Å². The second-order valence-electron chi connectivity index (χ2n) is 4.53. The first-order valence-corrected chi connectivity index (χ1v) is 7.35. The Morgan fingerprint density at radius 2 is 1.65 bits per heavy atom. The number of hydrogen-bond donors (Lipinski definition) is 0. The van der Waals surface area contributed by atoms with Gasteiger partial charge < -0.3 is 8.92 Å². The summed E-state index contributed by atoms with van der Waals surface area (Å²) in [4.78, 5) is 23.3. The summed E-state index contributed by atoms with van der Waals surface area (Å²) in [6, 6.07) is 5.93. The molecule has 10 heteroatoms. The Balaban J connectivity index is 2.21. The lowest BCUT2D eigenvalue weighted by Crippen LogP contribution is -2.28. The van der Waals surface area contributed by atoms with Crippen molar-refractivity contribution in [2.24, 2.45) is 0 Å². The number of halogens is 3. The van der Waals surface area contributed by atoms with Gasteiger partial charge in [-0.25, -0.2) is 9.59 Å². The lowest BCUT2D eigenvalue weighted by Gasteiger charge is -2.17. The molecule has 0 N–H and O–H groups in total. The molecule has 1 heterocycles. The second-order valence-corrected chi connectivity index (χ2v) is 6.07. The smallest absolute Gasteiger partial charge is 0.386 e. The van der Waals surface area contributed by atoms with Crippen LogP contribution in [0.4, 0.5) is 13.2 Å². The molecule has 0 saturated carbocycles. The quantitative estimate of drug-likeness (QED) is 0.359. The summed E-state index contributed by atoms with van der Waals surface area (Å²) < 4.78 is 67.7. The van der Waals surface area contributed by atoms with Crippen molar-refractivity contribution in [3.63, 3.8) is 0 Å². The third-order valence-corrected chi connectivity index (χ3v) is 4.04. The maximum atomic E-state index is 12.4. The molecule has 2 aromatic carbocycles. The first kappa shape index (κ1) is 15.3. The van der Waals surface area contributed by atoms with Gasteiger partial charge in [0.25, 0.3) is 0 Å². The minimum atomic E-state index is -5.88. The molecule has 0 amide bonds. The average molecular weight is 346 g/mol. The Labute approximate surface area is 126 Å². The van der Waals surface area contributed by atoms with Crippen molar-refractivity contribution in [3.8, 4) is 5.75 Å². The van der Waals surface area contributed by atoms with Crippen molar-refractivity contribution < 1.29 is 40.1 Å². The van der Waals surface area contributed by atoms with Gasteiger partial charge in [-0.1, -0.05) is 12.1 Å². The van der Waals surface area contributed by atoms with E-state index in [1.807, 2.05) is 0 Å². The maximum absolute atomic E-state index is 12.4. The summed E-state index contributed by atoms with van der Waals surface area (Å²) in [5, 5.41) is 0.322. The molecule has 23 heavy (non-hydrogen) atoms. The highest BCUT2D eigenvalue weighted by molar-refractivity contribution is 7.88. The van der Waals surface area contributed by atoms with E-state index in [0.29, 0.717) is 0 Å². The lowest BCUT2D eigenvalue weighted by molar-refractivity contribution is -0.0500. The molecule has 0 atom stereocenters. The normalized spacial score (nSPS) is 14.7. The van der Waals surface area contributed by atoms with Crippen molar-refractivity contribution in [2.75, 3.05) is 0 Å². The molecule has 0 aromatic heterocycles. The van der Waals surface area contributed by atoms with E-state index in [1.54, 1.807) is 0 Å². The van der Waals surface area contributed by atoms with Gasteiger partial charge in [-0.2, -0.15) is 21.6 Å². The number of hydrogen-bond acceptors (Lipinski definition) is 6. The van der Waals surface area contributed by atoms with E-state index >= 15 is 0 Å². The summed E-state index contributed by atoms with van der Waals surface area (Å²) >= 11 is 0. The van der Waals surface area contributed by atoms with E-state index in [0.717, 1.165) is 12.1 Å². The van der Waals surface area contributed by atoms with Crippen molar-refractivity contribution in [1.82, 2.24) is 0 Å². The molecule has 0 unspecified atom stereocenters. The highest BCUT2D eigenvalue weighted by Crippen LogP contribution is 2.34. The summed E-state index contributed by atoms with van der Waals surface area (Å²) in [6.07, 6.45) is 0. The van der Waals surface area contributed by atoms with Crippen LogP contribution in [0.25, 0.3) is 10.8 Å². The van der Waals surface area contributed by atoms with Gasteiger partial charge in [0.1, 0.15) is 5.75 Å². The number of alkyl halides is 3. The Morgan fingerprint density at radius 3 is 2.30 bits per heavy atom. The van der Waals surface area contributed by atoms with E-state index in [9.17, 15) is 31.2 Å². The van der Waals surface area contributed by atoms with E-state index in [2.05, 4.69) is 8.92 Å². The number of benzene rings is 2. The van der Waals surface area contributed by atoms with Gasteiger partial charge >= 0.3 is 27.6 Å². The van der Waals surface area contributed by atoms with E-state index in [-0.39, 0.29) is 21.9 Å². The maximum Gasteiger partial charge on any atom is 0.534 e. The molecular weight excluding hydrogens is 341 g/mol. The second kappa shape index (κ2) is 4.69. The van der Waals surface area contributed by atoms with Crippen LogP contribution in [-0.4, -0.2) is 25.9 Å². The molecule has 6 nitrogen and oxygen atoms in total. The molecule has 0 radical (unpaired) electrons. The third kappa shape index (κ3) is 2.40. The number of cyclic esters (lactones) is 2. The standard InChI is InChI=1S/C13H5F3O6S/c14-13(15,16)23(19,20)22-7-4-6-2-1-3-8-10(6)9(5-7)12(18)21-11(8)17/h1-5H. The van der Waals surface area contributed by atoms with Gasteiger partial charge in [-0.3, -0.25) is 0 Å². The number of carbonyl (C=O) groups excluding carboxylic acids is 2. The van der Waals surface area contributed by atoms with Crippen molar-refractivity contribution >= 4 is 32.8 Å². The van der Waals surface area contributed by atoms with Crippen LogP contribution in [0.15, 0.2) is 30.3 Å². The molecule has 0 spiro atoms. The van der Waals surface area contributed by atoms with E-state index < -0.39 is 33.3 Å². The summed E-state index contributed by atoms with van der Waals surface area (Å²) in [6.45, 7) is 0. The van der Waals surface area contributed by atoms with Crippen molar-refractivity contribution in [3.05, 3.63) is 41.5 Å². The van der Waals surface area contributed by atoms with Crippen molar-refractivity contribution in [1.29, 1.82) is 0 Å². The molecule has 1 aliphatic heterocycles. The number of ether oxygens (including phenoxy) is 1. The number of carbonyl (C=O) groups is 2. The molecule has 120 valence electrons. The molecule has 0 aliphatic carbocycles. The highest BCUT2D eigenvalue weighted by atomic mass is 32.2. The van der Waals surface area contributed by atoms with Crippen LogP contribution in [0.5, 0.6) is 5.75 Å². The highest BCUT2D eigenvalue weighted by Gasteiger charge is 2.48.